The fraction of sp³-hybridized carbons (Fsp3) is 0.250. The number of carbonyl (C=O) groups excluding carboxylic acids is 1. The molecule has 0 bridgehead atoms. The average Bonchev–Trinajstić information content (AvgIpc) is 3.98. The molecule has 3 aromatic carbocycles. The van der Waals surface area contributed by atoms with Gasteiger partial charge in [0, 0.05) is 83.3 Å². The summed E-state index contributed by atoms with van der Waals surface area (Å²) in [4.78, 5) is 26.2. The molecule has 0 aliphatic carbocycles. The minimum atomic E-state index is -0.0893. The number of amides is 1. The van der Waals surface area contributed by atoms with Crippen LogP contribution in [0.25, 0.3) is 50.1 Å². The van der Waals surface area contributed by atoms with E-state index < -0.39 is 0 Å². The minimum absolute atomic E-state index is 0.0652. The van der Waals surface area contributed by atoms with E-state index >= 15 is 4.79 Å². The zero-order valence-corrected chi connectivity index (χ0v) is 34.1. The molecule has 1 aliphatic heterocycles. The summed E-state index contributed by atoms with van der Waals surface area (Å²) in [7, 11) is 3.92. The standard InChI is InChI=1S/C44H41Cl2N9O2/c1-25-18-30(19-26(2)40(25)46)57-17-9-10-31-32-13-14-35(45)39(34-22-52(6)49-28(34)4)41(32)55-27(3)21-53(44(56)42(31)55)37-23-51(5)36-15-12-29(20-33(36)37)43-48-24-54(50-43)38-11-7-8-16-47-38/h7-8,11-16,18-20,22-24,27H,9-10,17,21H2,1-6H3/t27-/m1/s1. The highest BCUT2D eigenvalue weighted by Crippen LogP contribution is 2.45. The number of fused-ring (bicyclic) bond motifs is 4. The predicted octanol–water partition coefficient (Wildman–Crippen LogP) is 9.64. The Morgan fingerprint density at radius 2 is 1.72 bits per heavy atom. The van der Waals surface area contributed by atoms with Crippen molar-refractivity contribution in [2.75, 3.05) is 18.1 Å². The lowest BCUT2D eigenvalue weighted by molar-refractivity contribution is 0.0957. The molecule has 0 spiro atoms. The summed E-state index contributed by atoms with van der Waals surface area (Å²) in [6.07, 6.45) is 8.75. The van der Waals surface area contributed by atoms with Gasteiger partial charge in [0.15, 0.2) is 11.6 Å². The third-order valence-corrected chi connectivity index (χ3v) is 11.9. The second-order valence-corrected chi connectivity index (χ2v) is 15.7. The highest BCUT2D eigenvalue weighted by atomic mass is 35.5. The maximum Gasteiger partial charge on any atom is 0.275 e. The maximum atomic E-state index is 15.3. The van der Waals surface area contributed by atoms with Gasteiger partial charge in [0.1, 0.15) is 17.8 Å². The van der Waals surface area contributed by atoms with E-state index in [1.807, 2.05) is 99.3 Å². The second-order valence-electron chi connectivity index (χ2n) is 15.0. The molecule has 57 heavy (non-hydrogen) atoms. The number of ether oxygens (including phenoxy) is 1. The van der Waals surface area contributed by atoms with E-state index in [9.17, 15) is 0 Å². The van der Waals surface area contributed by atoms with Crippen LogP contribution in [0.3, 0.4) is 0 Å². The summed E-state index contributed by atoms with van der Waals surface area (Å²) in [5.41, 5.74) is 9.91. The van der Waals surface area contributed by atoms with Crippen LogP contribution in [0.1, 0.15) is 52.3 Å². The number of anilines is 1. The van der Waals surface area contributed by atoms with Crippen LogP contribution in [-0.4, -0.2) is 57.7 Å². The molecule has 1 amide bonds. The van der Waals surface area contributed by atoms with Crippen LogP contribution in [0.4, 0.5) is 5.69 Å². The number of nitrogens with zero attached hydrogens (tertiary/aromatic N) is 9. The minimum Gasteiger partial charge on any atom is -0.494 e. The van der Waals surface area contributed by atoms with E-state index in [2.05, 4.69) is 49.3 Å². The molecule has 0 saturated heterocycles. The Morgan fingerprint density at radius 3 is 2.46 bits per heavy atom. The van der Waals surface area contributed by atoms with Crippen LogP contribution < -0.4 is 9.64 Å². The molecule has 0 saturated carbocycles. The zero-order chi connectivity index (χ0) is 39.7. The molecule has 9 rings (SSSR count). The molecule has 1 aliphatic rings. The molecule has 8 aromatic rings. The van der Waals surface area contributed by atoms with Crippen LogP contribution >= 0.6 is 23.2 Å². The highest BCUT2D eigenvalue weighted by Gasteiger charge is 2.37. The Bertz CT molecular complexity index is 2840. The smallest absolute Gasteiger partial charge is 0.275 e. The van der Waals surface area contributed by atoms with Crippen molar-refractivity contribution in [2.24, 2.45) is 14.1 Å². The molecule has 11 nitrogen and oxygen atoms in total. The van der Waals surface area contributed by atoms with Gasteiger partial charge in [-0.25, -0.2) is 14.6 Å². The van der Waals surface area contributed by atoms with Crippen LogP contribution in [0.5, 0.6) is 5.75 Å². The molecule has 6 heterocycles. The van der Waals surface area contributed by atoms with E-state index in [1.54, 1.807) is 17.2 Å². The van der Waals surface area contributed by atoms with Gasteiger partial charge < -0.3 is 18.8 Å². The number of aromatic nitrogens is 8. The molecule has 1 atom stereocenters. The lowest BCUT2D eigenvalue weighted by atomic mass is 10.00. The van der Waals surface area contributed by atoms with E-state index in [-0.39, 0.29) is 11.9 Å². The summed E-state index contributed by atoms with van der Waals surface area (Å²) in [5, 5.41) is 12.7. The van der Waals surface area contributed by atoms with Gasteiger partial charge in [-0.15, -0.1) is 5.10 Å². The second kappa shape index (κ2) is 14.2. The van der Waals surface area contributed by atoms with Crippen molar-refractivity contribution >= 4 is 56.6 Å². The number of hydrogen-bond donors (Lipinski definition) is 0. The van der Waals surface area contributed by atoms with Gasteiger partial charge in [0.25, 0.3) is 5.91 Å². The summed E-state index contributed by atoms with van der Waals surface area (Å²) in [6, 6.07) is 19.7. The number of halogens is 2. The van der Waals surface area contributed by atoms with Crippen LogP contribution in [0.15, 0.2) is 85.6 Å². The van der Waals surface area contributed by atoms with Gasteiger partial charge >= 0.3 is 0 Å². The Kier molecular flexibility index (Phi) is 9.17. The summed E-state index contributed by atoms with van der Waals surface area (Å²) >= 11 is 13.5. The van der Waals surface area contributed by atoms with Gasteiger partial charge in [0.2, 0.25) is 0 Å². The summed E-state index contributed by atoms with van der Waals surface area (Å²) in [5.74, 6) is 1.97. The fourth-order valence-electron chi connectivity index (χ4n) is 8.39. The first-order valence-corrected chi connectivity index (χ1v) is 19.7. The highest BCUT2D eigenvalue weighted by molar-refractivity contribution is 6.35. The number of benzene rings is 3. The quantitative estimate of drug-likeness (QED) is 0.135. The fourth-order valence-corrected chi connectivity index (χ4v) is 8.75. The van der Waals surface area contributed by atoms with E-state index in [0.29, 0.717) is 48.4 Å². The van der Waals surface area contributed by atoms with Crippen molar-refractivity contribution in [3.8, 4) is 34.1 Å². The number of pyridine rings is 1. The first kappa shape index (κ1) is 36.7. The normalized spacial score (nSPS) is 14.3. The Labute approximate surface area is 340 Å². The monoisotopic (exact) mass is 797 g/mol. The molecule has 0 radical (unpaired) electrons. The van der Waals surface area contributed by atoms with Gasteiger partial charge in [0.05, 0.1) is 28.5 Å². The first-order chi connectivity index (χ1) is 27.5. The number of aryl methyl sites for hydroxylation is 6. The number of carbonyl (C=O) groups is 1. The van der Waals surface area contributed by atoms with E-state index in [0.717, 1.165) is 77.3 Å². The molecule has 5 aromatic heterocycles. The van der Waals surface area contributed by atoms with E-state index in [4.69, 9.17) is 33.0 Å². The third kappa shape index (κ3) is 6.25. The van der Waals surface area contributed by atoms with E-state index in [1.165, 1.54) is 0 Å². The third-order valence-electron chi connectivity index (χ3n) is 11.0. The predicted molar refractivity (Wildman–Crippen MR) is 226 cm³/mol. The molecule has 288 valence electrons. The summed E-state index contributed by atoms with van der Waals surface area (Å²) in [6.45, 7) is 9.06. The van der Waals surface area contributed by atoms with Crippen molar-refractivity contribution in [3.63, 3.8) is 0 Å². The first-order valence-electron chi connectivity index (χ1n) is 19.0. The Hall–Kier alpha value is -5.91. The number of rotatable bonds is 9. The molecular weight excluding hydrogens is 757 g/mol. The van der Waals surface area contributed by atoms with Gasteiger partial charge in [-0.2, -0.15) is 5.10 Å². The SMILES string of the molecule is Cc1cc(OCCCc2c3n(c4c(-c5cn(C)nc5C)c(Cl)ccc24)[C@H](C)CN(c2cn(C)c4ccc(-c5ncn(-c6ccccn6)n5)cc24)C3=O)cc(C)c1Cl. The molecule has 0 N–H and O–H groups in total. The lowest BCUT2D eigenvalue weighted by Crippen LogP contribution is -2.42. The topological polar surface area (TPSA) is 101 Å². The van der Waals surface area contributed by atoms with Gasteiger partial charge in [-0.1, -0.05) is 35.3 Å². The molecule has 0 unspecified atom stereocenters. The van der Waals surface area contributed by atoms with Crippen molar-refractivity contribution in [2.45, 2.75) is 46.6 Å². The molecule has 0 fully saturated rings. The van der Waals surface area contributed by atoms with Gasteiger partial charge in [-0.3, -0.25) is 9.48 Å². The van der Waals surface area contributed by atoms with Crippen molar-refractivity contribution < 1.29 is 9.53 Å². The molecular formula is C44H41Cl2N9O2. The molecule has 13 heteroatoms. The Balaban J connectivity index is 1.14. The van der Waals surface area contributed by atoms with Gasteiger partial charge in [-0.05, 0) is 106 Å². The van der Waals surface area contributed by atoms with Crippen molar-refractivity contribution in [3.05, 3.63) is 124 Å². The zero-order valence-electron chi connectivity index (χ0n) is 32.6. The van der Waals surface area contributed by atoms with Crippen LogP contribution in [-0.2, 0) is 20.5 Å². The number of hydrogen-bond acceptors (Lipinski definition) is 6. The van der Waals surface area contributed by atoms with Crippen molar-refractivity contribution in [1.82, 2.24) is 38.7 Å². The average molecular weight is 799 g/mol. The van der Waals surface area contributed by atoms with Crippen molar-refractivity contribution in [1.29, 1.82) is 0 Å². The lowest BCUT2D eigenvalue weighted by Gasteiger charge is -2.34. The summed E-state index contributed by atoms with van der Waals surface area (Å²) < 4.78 is 14.0. The Morgan fingerprint density at radius 1 is 0.912 bits per heavy atom. The van der Waals surface area contributed by atoms with Crippen LogP contribution in [0, 0.1) is 20.8 Å². The maximum absolute atomic E-state index is 15.3. The largest absolute Gasteiger partial charge is 0.494 e. The van der Waals surface area contributed by atoms with Crippen LogP contribution in [0.2, 0.25) is 10.0 Å².